The normalized spacial score (nSPS) is 10.4. The van der Waals surface area contributed by atoms with E-state index in [-0.39, 0.29) is 5.82 Å². The quantitative estimate of drug-likeness (QED) is 0.563. The first-order valence-corrected chi connectivity index (χ1v) is 4.44. The van der Waals surface area contributed by atoms with E-state index in [1.54, 1.807) is 12.2 Å². The summed E-state index contributed by atoms with van der Waals surface area (Å²) in [6.07, 6.45) is 6.59. The van der Waals surface area contributed by atoms with Crippen molar-refractivity contribution in [3.63, 3.8) is 0 Å². The number of carbonyl (C=O) groups is 1. The van der Waals surface area contributed by atoms with Crippen LogP contribution in [0.25, 0.3) is 6.08 Å². The predicted octanol–water partition coefficient (Wildman–Crippen LogP) is 1.52. The lowest BCUT2D eigenvalue weighted by Gasteiger charge is -1.96. The number of halogens is 1. The monoisotopic (exact) mass is 212 g/mol. The zero-order valence-corrected chi connectivity index (χ0v) is 8.36. The molecule has 0 saturated carbocycles. The number of allylic oxidation sites excluding steroid dienone is 1. The fraction of sp³-hybridized carbons (Fsp3) is 0.222. The standard InChI is InChI=1S/C9H9ClN2O2/c1-14-9(13)8-11-5-7(6-12-8)3-2-4-10/h2-3,5-6H,4H2,1H3. The predicted molar refractivity (Wildman–Crippen MR) is 53.1 cm³/mol. The van der Waals surface area contributed by atoms with Crippen LogP contribution in [0.1, 0.15) is 16.2 Å². The Kier molecular flexibility index (Phi) is 4.07. The second-order valence-corrected chi connectivity index (χ2v) is 2.70. The van der Waals surface area contributed by atoms with Crippen molar-refractivity contribution in [1.82, 2.24) is 9.97 Å². The highest BCUT2D eigenvalue weighted by Gasteiger charge is 2.06. The molecule has 0 atom stereocenters. The van der Waals surface area contributed by atoms with Crippen molar-refractivity contribution in [3.8, 4) is 0 Å². The van der Waals surface area contributed by atoms with Crippen molar-refractivity contribution in [3.05, 3.63) is 29.9 Å². The van der Waals surface area contributed by atoms with Gasteiger partial charge in [-0.3, -0.25) is 0 Å². The molecule has 0 aliphatic heterocycles. The molecule has 0 saturated heterocycles. The third kappa shape index (κ3) is 2.81. The molecular weight excluding hydrogens is 204 g/mol. The molecule has 1 heterocycles. The molecule has 0 unspecified atom stereocenters. The Balaban J connectivity index is 2.78. The van der Waals surface area contributed by atoms with Crippen LogP contribution in [0.3, 0.4) is 0 Å². The molecule has 0 aliphatic rings. The number of carbonyl (C=O) groups excluding carboxylic acids is 1. The molecule has 4 nitrogen and oxygen atoms in total. The van der Waals surface area contributed by atoms with Crippen LogP contribution in [0.4, 0.5) is 0 Å². The van der Waals surface area contributed by atoms with E-state index in [4.69, 9.17) is 11.6 Å². The Hall–Kier alpha value is -1.42. The third-order valence-electron chi connectivity index (χ3n) is 1.44. The maximum Gasteiger partial charge on any atom is 0.376 e. The average Bonchev–Trinajstić information content (AvgIpc) is 2.26. The second-order valence-electron chi connectivity index (χ2n) is 2.39. The van der Waals surface area contributed by atoms with E-state index in [9.17, 15) is 4.79 Å². The van der Waals surface area contributed by atoms with E-state index in [1.807, 2.05) is 0 Å². The Morgan fingerprint density at radius 1 is 1.57 bits per heavy atom. The first-order valence-electron chi connectivity index (χ1n) is 3.90. The van der Waals surface area contributed by atoms with E-state index in [1.165, 1.54) is 19.5 Å². The van der Waals surface area contributed by atoms with Crippen LogP contribution in [-0.2, 0) is 4.74 Å². The van der Waals surface area contributed by atoms with E-state index >= 15 is 0 Å². The molecule has 1 aromatic rings. The highest BCUT2D eigenvalue weighted by atomic mass is 35.5. The summed E-state index contributed by atoms with van der Waals surface area (Å²) in [5, 5.41) is 0. The van der Waals surface area contributed by atoms with Gasteiger partial charge < -0.3 is 4.74 Å². The largest absolute Gasteiger partial charge is 0.463 e. The lowest BCUT2D eigenvalue weighted by molar-refractivity contribution is 0.0586. The van der Waals surface area contributed by atoms with Gasteiger partial charge >= 0.3 is 5.97 Å². The SMILES string of the molecule is COC(=O)c1ncc(C=CCCl)cn1. The Bertz CT molecular complexity index is 335. The van der Waals surface area contributed by atoms with Crippen LogP contribution >= 0.6 is 11.6 Å². The molecule has 0 radical (unpaired) electrons. The number of esters is 1. The molecule has 0 aromatic carbocycles. The van der Waals surface area contributed by atoms with Gasteiger partial charge in [-0.15, -0.1) is 11.6 Å². The maximum absolute atomic E-state index is 11.0. The Morgan fingerprint density at radius 2 is 2.21 bits per heavy atom. The van der Waals surface area contributed by atoms with Gasteiger partial charge in [0.25, 0.3) is 0 Å². The first-order chi connectivity index (χ1) is 6.77. The van der Waals surface area contributed by atoms with Gasteiger partial charge in [-0.25, -0.2) is 14.8 Å². The first kappa shape index (κ1) is 10.7. The number of hydrogen-bond acceptors (Lipinski definition) is 4. The minimum absolute atomic E-state index is 0.0514. The number of rotatable bonds is 3. The summed E-state index contributed by atoms with van der Waals surface area (Å²) in [4.78, 5) is 18.6. The van der Waals surface area contributed by atoms with Gasteiger partial charge in [-0.05, 0) is 0 Å². The minimum atomic E-state index is -0.544. The maximum atomic E-state index is 11.0. The number of alkyl halides is 1. The van der Waals surface area contributed by atoms with Gasteiger partial charge in [0.15, 0.2) is 0 Å². The highest BCUT2D eigenvalue weighted by molar-refractivity contribution is 6.19. The molecule has 14 heavy (non-hydrogen) atoms. The van der Waals surface area contributed by atoms with Crippen molar-refractivity contribution >= 4 is 23.6 Å². The molecule has 0 aliphatic carbocycles. The lowest BCUT2D eigenvalue weighted by atomic mass is 10.3. The van der Waals surface area contributed by atoms with Crippen molar-refractivity contribution in [2.24, 2.45) is 0 Å². The molecule has 0 spiro atoms. The topological polar surface area (TPSA) is 52.1 Å². The highest BCUT2D eigenvalue weighted by Crippen LogP contribution is 2.00. The van der Waals surface area contributed by atoms with Gasteiger partial charge in [-0.1, -0.05) is 12.2 Å². The molecule has 0 bridgehead atoms. The molecule has 1 aromatic heterocycles. The Morgan fingerprint density at radius 3 is 2.71 bits per heavy atom. The molecule has 1 rings (SSSR count). The van der Waals surface area contributed by atoms with Crippen LogP contribution < -0.4 is 0 Å². The van der Waals surface area contributed by atoms with Gasteiger partial charge in [0.2, 0.25) is 5.82 Å². The summed E-state index contributed by atoms with van der Waals surface area (Å²) in [6, 6.07) is 0. The Labute approximate surface area is 86.6 Å². The third-order valence-corrected chi connectivity index (χ3v) is 1.62. The zero-order valence-electron chi connectivity index (χ0n) is 7.61. The van der Waals surface area contributed by atoms with Gasteiger partial charge in [0, 0.05) is 23.8 Å². The van der Waals surface area contributed by atoms with E-state index in [2.05, 4.69) is 14.7 Å². The van der Waals surface area contributed by atoms with Gasteiger partial charge in [0.1, 0.15) is 0 Å². The molecule has 0 N–H and O–H groups in total. The summed E-state index contributed by atoms with van der Waals surface area (Å²) in [5.74, 6) is -0.0629. The summed E-state index contributed by atoms with van der Waals surface area (Å²) in [6.45, 7) is 0. The second kappa shape index (κ2) is 5.34. The fourth-order valence-electron chi connectivity index (χ4n) is 0.801. The molecule has 0 fully saturated rings. The van der Waals surface area contributed by atoms with E-state index in [0.29, 0.717) is 5.88 Å². The van der Waals surface area contributed by atoms with Crippen molar-refractivity contribution < 1.29 is 9.53 Å². The number of methoxy groups -OCH3 is 1. The van der Waals surface area contributed by atoms with Crippen LogP contribution in [-0.4, -0.2) is 28.9 Å². The van der Waals surface area contributed by atoms with Gasteiger partial charge in [0.05, 0.1) is 7.11 Å². The van der Waals surface area contributed by atoms with E-state index < -0.39 is 5.97 Å². The minimum Gasteiger partial charge on any atom is -0.463 e. The summed E-state index contributed by atoms with van der Waals surface area (Å²) < 4.78 is 4.45. The summed E-state index contributed by atoms with van der Waals surface area (Å²) >= 11 is 5.45. The van der Waals surface area contributed by atoms with Gasteiger partial charge in [-0.2, -0.15) is 0 Å². The number of aromatic nitrogens is 2. The zero-order chi connectivity index (χ0) is 10.4. The van der Waals surface area contributed by atoms with Crippen LogP contribution in [0, 0.1) is 0 Å². The summed E-state index contributed by atoms with van der Waals surface area (Å²) in [5.41, 5.74) is 0.790. The lowest BCUT2D eigenvalue weighted by Crippen LogP contribution is -2.06. The van der Waals surface area contributed by atoms with Crippen LogP contribution in [0.5, 0.6) is 0 Å². The number of hydrogen-bond donors (Lipinski definition) is 0. The summed E-state index contributed by atoms with van der Waals surface area (Å²) in [7, 11) is 1.28. The molecule has 74 valence electrons. The average molecular weight is 213 g/mol. The van der Waals surface area contributed by atoms with Crippen LogP contribution in [0.15, 0.2) is 18.5 Å². The van der Waals surface area contributed by atoms with Crippen molar-refractivity contribution in [2.75, 3.05) is 13.0 Å². The number of nitrogens with zero attached hydrogens (tertiary/aromatic N) is 2. The molecule has 0 amide bonds. The van der Waals surface area contributed by atoms with Crippen molar-refractivity contribution in [2.45, 2.75) is 0 Å². The van der Waals surface area contributed by atoms with Crippen LogP contribution in [0.2, 0.25) is 0 Å². The number of ether oxygens (including phenoxy) is 1. The van der Waals surface area contributed by atoms with Crippen molar-refractivity contribution in [1.29, 1.82) is 0 Å². The molecule has 5 heteroatoms. The fourth-order valence-corrected chi connectivity index (χ4v) is 0.890. The smallest absolute Gasteiger partial charge is 0.376 e. The molecular formula is C9H9ClN2O2. The van der Waals surface area contributed by atoms with E-state index in [0.717, 1.165) is 5.56 Å².